The number of aliphatic hydroxyl groups excluding tert-OH is 1. The number of benzene rings is 4. The van der Waals surface area contributed by atoms with Crippen molar-refractivity contribution in [2.45, 2.75) is 23.0 Å². The van der Waals surface area contributed by atoms with Gasteiger partial charge < -0.3 is 21.3 Å². The smallest absolute Gasteiger partial charge is 0.305 e. The molecular weight excluding hydrogens is 697 g/mol. The van der Waals surface area contributed by atoms with Crippen LogP contribution in [0.15, 0.2) is 72.8 Å². The van der Waals surface area contributed by atoms with Crippen molar-refractivity contribution in [2.24, 2.45) is 0 Å². The van der Waals surface area contributed by atoms with Gasteiger partial charge in [0.2, 0.25) is 5.91 Å². The first-order chi connectivity index (χ1) is 20.4. The Balaban J connectivity index is 0.000000208. The Bertz CT molecular complexity index is 1690. The third kappa shape index (κ3) is 8.04. The molecule has 1 aliphatic rings. The minimum absolute atomic E-state index is 0.299. The summed E-state index contributed by atoms with van der Waals surface area (Å²) in [5, 5.41) is 23.5. The lowest BCUT2D eigenvalue weighted by atomic mass is 10.00. The molecule has 224 valence electrons. The highest BCUT2D eigenvalue weighted by Crippen LogP contribution is 2.48. The number of amides is 1. The number of carboxylic acid groups (broad SMARTS) is 1. The Kier molecular flexibility index (Phi) is 11.4. The number of hydrogen-bond acceptors (Lipinski definition) is 5. The standard InChI is InChI=1S/C17H12Cl3NO3S.C13H10Cl3NO/c18-8-4-5-12-10(6-8)16(9-2-1-3-11(19)15(9)20)25-13(7-14(22)23)17(24)21-12;14-7-4-5-11(17)9(6-7)13(18)8-2-1-3-10(15)12(8)16/h1-6,13,16H,7H2,(H,21,24)(H,22,23);1-6,13,18H,17H2. The highest BCUT2D eigenvalue weighted by molar-refractivity contribution is 8.01. The molecule has 1 aliphatic heterocycles. The van der Waals surface area contributed by atoms with Crippen molar-refractivity contribution in [3.63, 3.8) is 0 Å². The summed E-state index contributed by atoms with van der Waals surface area (Å²) in [4.78, 5) is 23.6. The molecule has 3 atom stereocenters. The summed E-state index contributed by atoms with van der Waals surface area (Å²) in [6.07, 6.45) is -1.26. The molecule has 4 aromatic carbocycles. The second kappa shape index (κ2) is 14.6. The molecule has 0 aliphatic carbocycles. The maximum atomic E-state index is 12.4. The van der Waals surface area contributed by atoms with E-state index in [1.165, 1.54) is 11.8 Å². The number of nitrogen functional groups attached to an aromatic ring is 1. The zero-order valence-electron chi connectivity index (χ0n) is 21.8. The molecule has 1 amide bonds. The number of hydrogen-bond donors (Lipinski definition) is 4. The molecular formula is C30H22Cl6N2O4S. The number of nitrogens with one attached hydrogen (secondary N) is 1. The van der Waals surface area contributed by atoms with Crippen LogP contribution in [0.2, 0.25) is 30.1 Å². The molecule has 3 unspecified atom stereocenters. The molecule has 1 heterocycles. The molecule has 0 aromatic heterocycles. The van der Waals surface area contributed by atoms with E-state index in [0.717, 1.165) is 5.56 Å². The Hall–Kier alpha value is -2.33. The molecule has 0 radical (unpaired) electrons. The van der Waals surface area contributed by atoms with Crippen LogP contribution < -0.4 is 11.1 Å². The summed E-state index contributed by atoms with van der Waals surface area (Å²) in [5.74, 6) is -1.41. The van der Waals surface area contributed by atoms with Gasteiger partial charge in [-0.1, -0.05) is 93.9 Å². The highest BCUT2D eigenvalue weighted by Gasteiger charge is 2.34. The van der Waals surface area contributed by atoms with E-state index in [-0.39, 0.29) is 17.6 Å². The van der Waals surface area contributed by atoms with Gasteiger partial charge >= 0.3 is 5.97 Å². The lowest BCUT2D eigenvalue weighted by Gasteiger charge is -2.21. The highest BCUT2D eigenvalue weighted by atomic mass is 35.5. The van der Waals surface area contributed by atoms with Crippen LogP contribution in [0.5, 0.6) is 0 Å². The average molecular weight is 719 g/mol. The van der Waals surface area contributed by atoms with Crippen LogP contribution in [0.3, 0.4) is 0 Å². The van der Waals surface area contributed by atoms with E-state index in [9.17, 15) is 14.7 Å². The number of thioether (sulfide) groups is 1. The van der Waals surface area contributed by atoms with Crippen molar-refractivity contribution in [2.75, 3.05) is 11.1 Å². The van der Waals surface area contributed by atoms with Gasteiger partial charge in [0.05, 0.1) is 37.0 Å². The second-order valence-corrected chi connectivity index (χ2v) is 13.0. The zero-order valence-corrected chi connectivity index (χ0v) is 27.2. The zero-order chi connectivity index (χ0) is 31.4. The number of aliphatic hydroxyl groups is 1. The molecule has 0 saturated carbocycles. The molecule has 5 rings (SSSR count). The largest absolute Gasteiger partial charge is 0.481 e. The summed E-state index contributed by atoms with van der Waals surface area (Å²) in [6, 6.07) is 20.3. The summed E-state index contributed by atoms with van der Waals surface area (Å²) in [7, 11) is 0. The van der Waals surface area contributed by atoms with E-state index < -0.39 is 17.3 Å². The number of carboxylic acids is 1. The minimum atomic E-state index is -1.05. The van der Waals surface area contributed by atoms with Crippen molar-refractivity contribution in [3.05, 3.63) is 125 Å². The number of fused-ring (bicyclic) bond motifs is 1. The first-order valence-corrected chi connectivity index (χ1v) is 15.7. The van der Waals surface area contributed by atoms with Crippen LogP contribution in [0.1, 0.15) is 40.0 Å². The molecule has 0 fully saturated rings. The van der Waals surface area contributed by atoms with Crippen LogP contribution in [-0.2, 0) is 9.59 Å². The first kappa shape index (κ1) is 33.6. The third-order valence-electron chi connectivity index (χ3n) is 6.39. The number of rotatable bonds is 5. The number of halogens is 6. The number of nitrogens with two attached hydrogens (primary N) is 1. The van der Waals surface area contributed by atoms with Gasteiger partial charge in [0.1, 0.15) is 6.10 Å². The SMILES string of the molecule is Nc1ccc(Cl)cc1C(O)c1cccc(Cl)c1Cl.O=C(O)CC1SC(c2cccc(Cl)c2Cl)c2cc(Cl)ccc2NC1=O. The van der Waals surface area contributed by atoms with E-state index in [1.54, 1.807) is 66.7 Å². The molecule has 0 saturated heterocycles. The van der Waals surface area contributed by atoms with Crippen LogP contribution in [0, 0.1) is 0 Å². The van der Waals surface area contributed by atoms with E-state index in [2.05, 4.69) is 5.32 Å². The van der Waals surface area contributed by atoms with Crippen LogP contribution in [-0.4, -0.2) is 27.3 Å². The van der Waals surface area contributed by atoms with Crippen molar-refractivity contribution < 1.29 is 19.8 Å². The number of aliphatic carboxylic acids is 1. The predicted molar refractivity (Wildman–Crippen MR) is 178 cm³/mol. The fraction of sp³-hybridized carbons (Fsp3) is 0.133. The third-order valence-corrected chi connectivity index (χ3v) is 10.0. The predicted octanol–water partition coefficient (Wildman–Crippen LogP) is 9.58. The van der Waals surface area contributed by atoms with E-state index >= 15 is 0 Å². The Labute approximate surface area is 282 Å². The van der Waals surface area contributed by atoms with Gasteiger partial charge in [-0.3, -0.25) is 9.59 Å². The van der Waals surface area contributed by atoms with Crippen molar-refractivity contribution in [3.8, 4) is 0 Å². The van der Waals surface area contributed by atoms with E-state index in [0.29, 0.717) is 58.2 Å². The van der Waals surface area contributed by atoms with Gasteiger partial charge in [-0.15, -0.1) is 11.8 Å². The lowest BCUT2D eigenvalue weighted by Crippen LogP contribution is -2.26. The van der Waals surface area contributed by atoms with E-state index in [4.69, 9.17) is 80.4 Å². The monoisotopic (exact) mass is 716 g/mol. The van der Waals surface area contributed by atoms with E-state index in [1.807, 2.05) is 6.07 Å². The molecule has 6 nitrogen and oxygen atoms in total. The number of anilines is 2. The maximum Gasteiger partial charge on any atom is 0.305 e. The van der Waals surface area contributed by atoms with Gasteiger partial charge in [-0.05, 0) is 59.7 Å². The molecule has 43 heavy (non-hydrogen) atoms. The molecule has 0 bridgehead atoms. The normalized spacial score (nSPS) is 16.7. The average Bonchev–Trinajstić information content (AvgIpc) is 3.08. The van der Waals surface area contributed by atoms with Gasteiger partial charge in [0.15, 0.2) is 0 Å². The van der Waals surface area contributed by atoms with Crippen molar-refractivity contribution >= 4 is 105 Å². The second-order valence-electron chi connectivity index (χ2n) is 9.29. The van der Waals surface area contributed by atoms with Crippen molar-refractivity contribution in [1.29, 1.82) is 0 Å². The topological polar surface area (TPSA) is 113 Å². The van der Waals surface area contributed by atoms with Crippen LogP contribution in [0.4, 0.5) is 11.4 Å². The lowest BCUT2D eigenvalue weighted by molar-refractivity contribution is -0.138. The number of carbonyl (C=O) groups excluding carboxylic acids is 1. The molecule has 4 aromatic rings. The van der Waals surface area contributed by atoms with Gasteiger partial charge in [0, 0.05) is 32.5 Å². The van der Waals surface area contributed by atoms with Crippen molar-refractivity contribution in [1.82, 2.24) is 0 Å². The molecule has 13 heteroatoms. The molecule has 5 N–H and O–H groups in total. The Morgan fingerprint density at radius 1 is 0.837 bits per heavy atom. The fourth-order valence-electron chi connectivity index (χ4n) is 4.32. The summed E-state index contributed by atoms with van der Waals surface area (Å²) < 4.78 is 0. The van der Waals surface area contributed by atoms with Gasteiger partial charge in [0.25, 0.3) is 0 Å². The quantitative estimate of drug-likeness (QED) is 0.153. The summed E-state index contributed by atoms with van der Waals surface area (Å²) >= 11 is 37.7. The maximum absolute atomic E-state index is 12.4. The van der Waals surface area contributed by atoms with Crippen LogP contribution >= 0.6 is 81.4 Å². The van der Waals surface area contributed by atoms with Gasteiger partial charge in [-0.2, -0.15) is 0 Å². The number of carbonyl (C=O) groups is 2. The molecule has 0 spiro atoms. The Morgan fingerprint density at radius 3 is 2.16 bits per heavy atom. The summed E-state index contributed by atoms with van der Waals surface area (Å²) in [6.45, 7) is 0. The fourth-order valence-corrected chi connectivity index (χ4v) is 7.01. The van der Waals surface area contributed by atoms with Crippen LogP contribution in [0.25, 0.3) is 0 Å². The summed E-state index contributed by atoms with van der Waals surface area (Å²) in [5.41, 5.74) is 9.31. The first-order valence-electron chi connectivity index (χ1n) is 12.5. The Morgan fingerprint density at radius 2 is 1.47 bits per heavy atom. The minimum Gasteiger partial charge on any atom is -0.481 e. The van der Waals surface area contributed by atoms with Gasteiger partial charge in [-0.25, -0.2) is 0 Å².